The molecule has 1 aliphatic heterocycles. The van der Waals surface area contributed by atoms with Crippen molar-refractivity contribution in [2.45, 2.75) is 25.8 Å². The third-order valence-electron chi connectivity index (χ3n) is 6.86. The van der Waals surface area contributed by atoms with Crippen LogP contribution in [0.1, 0.15) is 25.3 Å². The highest BCUT2D eigenvalue weighted by Gasteiger charge is 2.30. The van der Waals surface area contributed by atoms with Crippen LogP contribution < -0.4 is 16.0 Å². The Labute approximate surface area is 215 Å². The lowest BCUT2D eigenvalue weighted by Crippen LogP contribution is -2.51. The fraction of sp³-hybridized carbons (Fsp3) is 0.321. The highest BCUT2D eigenvalue weighted by molar-refractivity contribution is 5.98. The van der Waals surface area contributed by atoms with Gasteiger partial charge in [-0.2, -0.15) is 5.10 Å². The summed E-state index contributed by atoms with van der Waals surface area (Å²) in [6.45, 7) is 7.15. The summed E-state index contributed by atoms with van der Waals surface area (Å²) in [4.78, 5) is 22.4. The summed E-state index contributed by atoms with van der Waals surface area (Å²) in [5.41, 5.74) is 10.7. The smallest absolute Gasteiger partial charge is 0.231 e. The molecule has 37 heavy (non-hydrogen) atoms. The van der Waals surface area contributed by atoms with Gasteiger partial charge in [0, 0.05) is 56.2 Å². The predicted molar refractivity (Wildman–Crippen MR) is 145 cm³/mol. The summed E-state index contributed by atoms with van der Waals surface area (Å²) in [5, 5.41) is 11.4. The molecule has 0 aliphatic carbocycles. The Morgan fingerprint density at radius 2 is 1.86 bits per heavy atom. The van der Waals surface area contributed by atoms with E-state index in [1.165, 1.54) is 12.1 Å². The van der Waals surface area contributed by atoms with Gasteiger partial charge in [0.05, 0.1) is 23.2 Å². The molecule has 0 spiro atoms. The number of nitrogens with one attached hydrogen (secondary N) is 2. The van der Waals surface area contributed by atoms with Crippen molar-refractivity contribution in [2.75, 3.05) is 43.4 Å². The van der Waals surface area contributed by atoms with E-state index < -0.39 is 0 Å². The zero-order valence-electron chi connectivity index (χ0n) is 21.1. The van der Waals surface area contributed by atoms with Crippen LogP contribution in [-0.2, 0) is 4.79 Å². The van der Waals surface area contributed by atoms with Crippen LogP contribution in [0.3, 0.4) is 0 Å². The molecule has 8 nitrogen and oxygen atoms in total. The van der Waals surface area contributed by atoms with Gasteiger partial charge in [-0.15, -0.1) is 0 Å². The molecule has 192 valence electrons. The van der Waals surface area contributed by atoms with E-state index in [9.17, 15) is 9.18 Å². The van der Waals surface area contributed by atoms with Crippen molar-refractivity contribution in [1.29, 1.82) is 0 Å². The monoisotopic (exact) mass is 501 g/mol. The number of nitrogen functional groups attached to an aromatic ring is 1. The number of rotatable bonds is 7. The SMILES string of the molecule is CC(C)NC[C@@H](C(=O)N1CCN(c2c(-c3cccc(F)c3)cnc3[nH]ncc23)CC1)c1ccc(N)cc1. The molecule has 5 rings (SSSR count). The van der Waals surface area contributed by atoms with E-state index in [1.807, 2.05) is 35.2 Å². The molecule has 0 unspecified atom stereocenters. The van der Waals surface area contributed by atoms with Crippen LogP contribution in [0.5, 0.6) is 0 Å². The number of piperazine rings is 1. The summed E-state index contributed by atoms with van der Waals surface area (Å²) < 4.78 is 14.1. The van der Waals surface area contributed by atoms with E-state index in [-0.39, 0.29) is 23.7 Å². The maximum absolute atomic E-state index is 14.1. The van der Waals surface area contributed by atoms with Crippen molar-refractivity contribution in [3.63, 3.8) is 0 Å². The zero-order chi connectivity index (χ0) is 25.9. The Morgan fingerprint density at radius 1 is 1.11 bits per heavy atom. The number of hydrogen-bond donors (Lipinski definition) is 3. The second-order valence-electron chi connectivity index (χ2n) is 9.76. The standard InChI is InChI=1S/C28H32FN7O/c1-18(2)31-16-24(19-6-8-22(30)9-7-19)28(37)36-12-10-35(11-13-36)26-23(20-4-3-5-21(29)14-20)15-32-27-25(26)17-33-34-27/h3-9,14-15,17-18,24,31H,10-13,16,30H2,1-2H3,(H,32,33,34)/t24-/m1/s1. The minimum absolute atomic E-state index is 0.103. The minimum Gasteiger partial charge on any atom is -0.399 e. The van der Waals surface area contributed by atoms with Crippen LogP contribution in [0.15, 0.2) is 60.9 Å². The largest absolute Gasteiger partial charge is 0.399 e. The van der Waals surface area contributed by atoms with Crippen molar-refractivity contribution < 1.29 is 9.18 Å². The number of anilines is 2. The molecule has 3 heterocycles. The number of pyridine rings is 1. The molecule has 0 bridgehead atoms. The summed E-state index contributed by atoms with van der Waals surface area (Å²) in [5.74, 6) is -0.486. The molecule has 1 fully saturated rings. The number of hydrogen-bond acceptors (Lipinski definition) is 6. The van der Waals surface area contributed by atoms with Crippen LogP contribution in [-0.4, -0.2) is 64.8 Å². The van der Waals surface area contributed by atoms with E-state index in [0.29, 0.717) is 44.1 Å². The number of carbonyl (C=O) groups excluding carboxylic acids is 1. The van der Waals surface area contributed by atoms with Crippen LogP contribution in [0, 0.1) is 5.82 Å². The molecular formula is C28H32FN7O. The molecule has 0 radical (unpaired) electrons. The Hall–Kier alpha value is -3.98. The van der Waals surface area contributed by atoms with Gasteiger partial charge < -0.3 is 20.9 Å². The van der Waals surface area contributed by atoms with Crippen molar-refractivity contribution in [2.24, 2.45) is 0 Å². The molecule has 0 saturated carbocycles. The molecule has 1 atom stereocenters. The van der Waals surface area contributed by atoms with E-state index in [0.717, 1.165) is 27.8 Å². The summed E-state index contributed by atoms with van der Waals surface area (Å²) in [6.07, 6.45) is 3.52. The number of amides is 1. The predicted octanol–water partition coefficient (Wildman–Crippen LogP) is 3.78. The van der Waals surface area contributed by atoms with E-state index >= 15 is 0 Å². The van der Waals surface area contributed by atoms with Crippen LogP contribution in [0.25, 0.3) is 22.2 Å². The number of aromatic amines is 1. The minimum atomic E-state index is -0.296. The molecule has 2 aromatic carbocycles. The van der Waals surface area contributed by atoms with Crippen LogP contribution in [0.4, 0.5) is 15.8 Å². The molecule has 4 N–H and O–H groups in total. The first-order valence-corrected chi connectivity index (χ1v) is 12.6. The Morgan fingerprint density at radius 3 is 2.57 bits per heavy atom. The number of benzene rings is 2. The highest BCUT2D eigenvalue weighted by atomic mass is 19.1. The van der Waals surface area contributed by atoms with Gasteiger partial charge in [-0.1, -0.05) is 38.1 Å². The second kappa shape index (κ2) is 10.6. The lowest BCUT2D eigenvalue weighted by molar-refractivity contribution is -0.133. The first kappa shape index (κ1) is 24.7. The number of carbonyl (C=O) groups is 1. The van der Waals surface area contributed by atoms with Gasteiger partial charge in [-0.25, -0.2) is 9.37 Å². The van der Waals surface area contributed by atoms with Crippen molar-refractivity contribution in [3.05, 3.63) is 72.3 Å². The lowest BCUT2D eigenvalue weighted by Gasteiger charge is -2.38. The highest BCUT2D eigenvalue weighted by Crippen LogP contribution is 2.36. The molecule has 1 saturated heterocycles. The molecule has 2 aromatic heterocycles. The van der Waals surface area contributed by atoms with Gasteiger partial charge in [0.1, 0.15) is 5.82 Å². The van der Waals surface area contributed by atoms with Crippen molar-refractivity contribution in [1.82, 2.24) is 25.4 Å². The van der Waals surface area contributed by atoms with Gasteiger partial charge >= 0.3 is 0 Å². The molecule has 4 aromatic rings. The molecular weight excluding hydrogens is 469 g/mol. The quantitative estimate of drug-likeness (QED) is 0.333. The number of aromatic nitrogens is 3. The Bertz CT molecular complexity index is 1380. The number of H-pyrrole nitrogens is 1. The Balaban J connectivity index is 1.39. The van der Waals surface area contributed by atoms with Gasteiger partial charge in [0.2, 0.25) is 5.91 Å². The van der Waals surface area contributed by atoms with E-state index in [4.69, 9.17) is 5.73 Å². The summed E-state index contributed by atoms with van der Waals surface area (Å²) in [7, 11) is 0. The third-order valence-corrected chi connectivity index (χ3v) is 6.86. The van der Waals surface area contributed by atoms with E-state index in [1.54, 1.807) is 18.5 Å². The van der Waals surface area contributed by atoms with Gasteiger partial charge in [-0.05, 0) is 35.4 Å². The summed E-state index contributed by atoms with van der Waals surface area (Å²) >= 11 is 0. The van der Waals surface area contributed by atoms with Crippen molar-refractivity contribution in [3.8, 4) is 11.1 Å². The van der Waals surface area contributed by atoms with Gasteiger partial charge in [0.15, 0.2) is 5.65 Å². The first-order valence-electron chi connectivity index (χ1n) is 12.6. The first-order chi connectivity index (χ1) is 17.9. The Kier molecular flexibility index (Phi) is 7.05. The van der Waals surface area contributed by atoms with Crippen LogP contribution >= 0.6 is 0 Å². The number of halogens is 1. The second-order valence-corrected chi connectivity index (χ2v) is 9.76. The molecule has 9 heteroatoms. The summed E-state index contributed by atoms with van der Waals surface area (Å²) in [6, 6.07) is 14.4. The maximum Gasteiger partial charge on any atom is 0.231 e. The number of nitrogens with two attached hydrogens (primary N) is 1. The van der Waals surface area contributed by atoms with Crippen LogP contribution in [0.2, 0.25) is 0 Å². The molecule has 1 aliphatic rings. The zero-order valence-corrected chi connectivity index (χ0v) is 21.1. The van der Waals surface area contributed by atoms with E-state index in [2.05, 4.69) is 39.2 Å². The molecule has 1 amide bonds. The normalized spacial score (nSPS) is 14.9. The van der Waals surface area contributed by atoms with Gasteiger partial charge in [-0.3, -0.25) is 9.89 Å². The lowest BCUT2D eigenvalue weighted by atomic mass is 9.96. The topological polar surface area (TPSA) is 103 Å². The average Bonchev–Trinajstić information content (AvgIpc) is 3.38. The third kappa shape index (κ3) is 5.27. The van der Waals surface area contributed by atoms with Gasteiger partial charge in [0.25, 0.3) is 0 Å². The van der Waals surface area contributed by atoms with Crippen molar-refractivity contribution >= 4 is 28.3 Å². The fourth-order valence-electron chi connectivity index (χ4n) is 4.89. The fourth-order valence-corrected chi connectivity index (χ4v) is 4.89. The average molecular weight is 502 g/mol. The number of nitrogens with zero attached hydrogens (tertiary/aromatic N) is 4. The number of fused-ring (bicyclic) bond motifs is 1. The maximum atomic E-state index is 14.1.